The molecule has 4 heteroatoms. The van der Waals surface area contributed by atoms with Gasteiger partial charge in [0.25, 0.3) is 5.71 Å². The first kappa shape index (κ1) is 7.55. The van der Waals surface area contributed by atoms with Gasteiger partial charge in [0.1, 0.15) is 0 Å². The Bertz CT molecular complexity index is 436. The van der Waals surface area contributed by atoms with Crippen LogP contribution < -0.4 is 0 Å². The summed E-state index contributed by atoms with van der Waals surface area (Å²) in [5.41, 5.74) is 2.13. The Morgan fingerprint density at radius 1 is 1.42 bits per heavy atom. The third-order valence-electron chi connectivity index (χ3n) is 1.70. The predicted molar refractivity (Wildman–Crippen MR) is 46.3 cm³/mol. The topological polar surface area (TPSA) is 38.9 Å². The van der Waals surface area contributed by atoms with E-state index in [9.17, 15) is 0 Å². The van der Waals surface area contributed by atoms with Crippen LogP contribution in [0.25, 0.3) is 11.1 Å². The van der Waals surface area contributed by atoms with Crippen LogP contribution in [0.3, 0.4) is 0 Å². The van der Waals surface area contributed by atoms with Gasteiger partial charge in [0.2, 0.25) is 0 Å². The van der Waals surface area contributed by atoms with Crippen LogP contribution in [0.2, 0.25) is 5.02 Å². The fraction of sp³-hybridized carbons (Fsp3) is 0.250. The van der Waals surface area contributed by atoms with Crippen LogP contribution in [0.5, 0.6) is 0 Å². The van der Waals surface area contributed by atoms with Gasteiger partial charge >= 0.3 is 0 Å². The van der Waals surface area contributed by atoms with E-state index in [1.54, 1.807) is 6.07 Å². The lowest BCUT2D eigenvalue weighted by atomic mass is 10.2. The van der Waals surface area contributed by atoms with Crippen molar-refractivity contribution in [3.63, 3.8) is 0 Å². The minimum Gasteiger partial charge on any atom is -0.335 e. The number of rotatable bonds is 0. The summed E-state index contributed by atoms with van der Waals surface area (Å²) in [4.78, 5) is 4.14. The van der Waals surface area contributed by atoms with E-state index in [0.717, 1.165) is 16.8 Å². The Hall–Kier alpha value is -1.09. The SMILES string of the molecule is Cc1cc(Cl)c2c(C)noc2n1. The van der Waals surface area contributed by atoms with E-state index in [0.29, 0.717) is 10.7 Å². The normalized spacial score (nSPS) is 10.9. The lowest BCUT2D eigenvalue weighted by Gasteiger charge is -1.93. The lowest BCUT2D eigenvalue weighted by molar-refractivity contribution is 0.442. The van der Waals surface area contributed by atoms with E-state index in [4.69, 9.17) is 16.1 Å². The number of aromatic nitrogens is 2. The maximum atomic E-state index is 5.97. The van der Waals surface area contributed by atoms with Gasteiger partial charge < -0.3 is 4.52 Å². The predicted octanol–water partition coefficient (Wildman–Crippen LogP) is 2.49. The van der Waals surface area contributed by atoms with Crippen molar-refractivity contribution in [2.75, 3.05) is 0 Å². The van der Waals surface area contributed by atoms with E-state index in [2.05, 4.69) is 10.1 Å². The molecule has 2 aromatic rings. The van der Waals surface area contributed by atoms with Crippen molar-refractivity contribution in [3.05, 3.63) is 22.5 Å². The van der Waals surface area contributed by atoms with Gasteiger partial charge in [-0.15, -0.1) is 0 Å². The largest absolute Gasteiger partial charge is 0.335 e. The zero-order valence-corrected chi connectivity index (χ0v) is 7.51. The summed E-state index contributed by atoms with van der Waals surface area (Å²) >= 11 is 5.97. The first-order chi connectivity index (χ1) is 5.68. The van der Waals surface area contributed by atoms with Gasteiger partial charge in [0, 0.05) is 5.69 Å². The number of fused-ring (bicyclic) bond motifs is 1. The first-order valence-corrected chi connectivity index (χ1v) is 3.95. The fourth-order valence-electron chi connectivity index (χ4n) is 1.16. The monoisotopic (exact) mass is 182 g/mol. The van der Waals surface area contributed by atoms with Crippen LogP contribution in [-0.2, 0) is 0 Å². The zero-order chi connectivity index (χ0) is 8.72. The minimum atomic E-state index is 0.512. The summed E-state index contributed by atoms with van der Waals surface area (Å²) in [6.07, 6.45) is 0. The van der Waals surface area contributed by atoms with E-state index < -0.39 is 0 Å². The minimum absolute atomic E-state index is 0.512. The van der Waals surface area contributed by atoms with Gasteiger partial charge in [-0.2, -0.15) is 0 Å². The summed E-state index contributed by atoms with van der Waals surface area (Å²) in [6, 6.07) is 1.80. The Balaban J connectivity index is 2.93. The molecule has 0 atom stereocenters. The highest BCUT2D eigenvalue weighted by Gasteiger charge is 2.09. The number of nitrogens with zero attached hydrogens (tertiary/aromatic N) is 2. The molecule has 2 aromatic heterocycles. The number of pyridine rings is 1. The molecule has 62 valence electrons. The highest BCUT2D eigenvalue weighted by molar-refractivity contribution is 6.35. The first-order valence-electron chi connectivity index (χ1n) is 3.57. The second kappa shape index (κ2) is 2.45. The van der Waals surface area contributed by atoms with Crippen molar-refractivity contribution < 1.29 is 4.52 Å². The van der Waals surface area contributed by atoms with E-state index >= 15 is 0 Å². The van der Waals surface area contributed by atoms with Crippen molar-refractivity contribution in [3.8, 4) is 0 Å². The molecule has 0 saturated heterocycles. The molecule has 12 heavy (non-hydrogen) atoms. The Morgan fingerprint density at radius 2 is 2.17 bits per heavy atom. The quantitative estimate of drug-likeness (QED) is 0.629. The summed E-state index contributed by atoms with van der Waals surface area (Å²) < 4.78 is 4.96. The molecule has 0 aromatic carbocycles. The van der Waals surface area contributed by atoms with Crippen LogP contribution in [-0.4, -0.2) is 10.1 Å². The summed E-state index contributed by atoms with van der Waals surface area (Å²) in [5, 5.41) is 5.23. The summed E-state index contributed by atoms with van der Waals surface area (Å²) in [6.45, 7) is 3.71. The molecule has 0 N–H and O–H groups in total. The van der Waals surface area contributed by atoms with Crippen molar-refractivity contribution in [2.45, 2.75) is 13.8 Å². The van der Waals surface area contributed by atoms with E-state index in [1.165, 1.54) is 0 Å². The standard InChI is InChI=1S/C8H7ClN2O/c1-4-3-6(9)7-5(2)11-12-8(7)10-4/h3H,1-2H3. The summed E-state index contributed by atoms with van der Waals surface area (Å²) in [7, 11) is 0. The molecule has 0 bridgehead atoms. The van der Waals surface area contributed by atoms with Crippen molar-refractivity contribution in [1.82, 2.24) is 10.1 Å². The van der Waals surface area contributed by atoms with Gasteiger partial charge in [0.05, 0.1) is 16.1 Å². The second-order valence-electron chi connectivity index (χ2n) is 2.69. The van der Waals surface area contributed by atoms with E-state index in [-0.39, 0.29) is 0 Å². The zero-order valence-electron chi connectivity index (χ0n) is 6.76. The molecule has 0 fully saturated rings. The molecule has 0 radical (unpaired) electrons. The molecule has 3 nitrogen and oxygen atoms in total. The average molecular weight is 183 g/mol. The van der Waals surface area contributed by atoms with E-state index in [1.807, 2.05) is 13.8 Å². The summed E-state index contributed by atoms with van der Waals surface area (Å²) in [5.74, 6) is 0. The smallest absolute Gasteiger partial charge is 0.259 e. The molecule has 2 heterocycles. The van der Waals surface area contributed by atoms with Crippen molar-refractivity contribution >= 4 is 22.7 Å². The van der Waals surface area contributed by atoms with Crippen molar-refractivity contribution in [1.29, 1.82) is 0 Å². The highest BCUT2D eigenvalue weighted by atomic mass is 35.5. The van der Waals surface area contributed by atoms with Gasteiger partial charge in [-0.25, -0.2) is 4.98 Å². The maximum Gasteiger partial charge on any atom is 0.259 e. The number of hydrogen-bond donors (Lipinski definition) is 0. The second-order valence-corrected chi connectivity index (χ2v) is 3.10. The molecule has 0 aliphatic heterocycles. The fourth-order valence-corrected chi connectivity index (χ4v) is 1.53. The average Bonchev–Trinajstić information content (AvgIpc) is 2.31. The van der Waals surface area contributed by atoms with Crippen LogP contribution in [0.1, 0.15) is 11.4 Å². The van der Waals surface area contributed by atoms with Gasteiger partial charge in [-0.1, -0.05) is 16.8 Å². The van der Waals surface area contributed by atoms with Crippen LogP contribution in [0.15, 0.2) is 10.6 Å². The molecular formula is C8H7ClN2O. The molecular weight excluding hydrogens is 176 g/mol. The molecule has 2 rings (SSSR count). The van der Waals surface area contributed by atoms with Crippen molar-refractivity contribution in [2.24, 2.45) is 0 Å². The molecule has 0 aliphatic rings. The molecule has 0 unspecified atom stereocenters. The Morgan fingerprint density at radius 3 is 2.92 bits per heavy atom. The molecule has 0 saturated carbocycles. The van der Waals surface area contributed by atoms with Gasteiger partial charge in [-0.3, -0.25) is 0 Å². The van der Waals surface area contributed by atoms with Gasteiger partial charge in [0.15, 0.2) is 0 Å². The highest BCUT2D eigenvalue weighted by Crippen LogP contribution is 2.25. The maximum absolute atomic E-state index is 5.97. The third kappa shape index (κ3) is 0.975. The lowest BCUT2D eigenvalue weighted by Crippen LogP contribution is -1.81. The Kier molecular flexibility index (Phi) is 1.54. The third-order valence-corrected chi connectivity index (χ3v) is 2.00. The number of hydrogen-bond acceptors (Lipinski definition) is 3. The number of aryl methyl sites for hydroxylation is 2. The Labute approximate surface area is 74.3 Å². The molecule has 0 spiro atoms. The van der Waals surface area contributed by atoms with Crippen LogP contribution in [0, 0.1) is 13.8 Å². The molecule has 0 aliphatic carbocycles. The van der Waals surface area contributed by atoms with Gasteiger partial charge in [-0.05, 0) is 19.9 Å². The van der Waals surface area contributed by atoms with Crippen LogP contribution >= 0.6 is 11.6 Å². The number of halogens is 1. The molecule has 0 amide bonds. The van der Waals surface area contributed by atoms with Crippen LogP contribution in [0.4, 0.5) is 0 Å².